The molecule has 5 heteroatoms. The molecule has 0 saturated carbocycles. The fourth-order valence-corrected chi connectivity index (χ4v) is 3.43. The molecule has 3 aromatic rings. The van der Waals surface area contributed by atoms with E-state index in [9.17, 15) is 9.59 Å². The van der Waals surface area contributed by atoms with Crippen LogP contribution in [0, 0.1) is 0 Å². The van der Waals surface area contributed by atoms with Gasteiger partial charge in [0, 0.05) is 30.2 Å². The Labute approximate surface area is 151 Å². The lowest BCUT2D eigenvalue weighted by Crippen LogP contribution is -2.25. The minimum Gasteiger partial charge on any atom is -0.312 e. The van der Waals surface area contributed by atoms with Gasteiger partial charge in [0.15, 0.2) is 0 Å². The SMILES string of the molecule is CC(=O)N1CCc2cc(NC(=O)Nc3cccc4ccccc34)ccc21. The van der Waals surface area contributed by atoms with Gasteiger partial charge in [-0.25, -0.2) is 4.79 Å². The number of fused-ring (bicyclic) bond motifs is 2. The van der Waals surface area contributed by atoms with Crippen molar-refractivity contribution in [2.45, 2.75) is 13.3 Å². The van der Waals surface area contributed by atoms with E-state index in [0.717, 1.165) is 34.1 Å². The van der Waals surface area contributed by atoms with Gasteiger partial charge in [-0.05, 0) is 41.6 Å². The number of nitrogens with one attached hydrogen (secondary N) is 2. The Morgan fingerprint density at radius 3 is 2.62 bits per heavy atom. The molecule has 0 unspecified atom stereocenters. The molecule has 4 rings (SSSR count). The van der Waals surface area contributed by atoms with Crippen LogP contribution >= 0.6 is 0 Å². The van der Waals surface area contributed by atoms with Gasteiger partial charge in [0.1, 0.15) is 0 Å². The number of benzene rings is 3. The number of carbonyl (C=O) groups is 2. The van der Waals surface area contributed by atoms with Crippen LogP contribution < -0.4 is 15.5 Å². The summed E-state index contributed by atoms with van der Waals surface area (Å²) in [6.07, 6.45) is 0.801. The Morgan fingerprint density at radius 2 is 1.77 bits per heavy atom. The van der Waals surface area contributed by atoms with Crippen molar-refractivity contribution in [2.75, 3.05) is 22.1 Å². The molecule has 5 nitrogen and oxygen atoms in total. The lowest BCUT2D eigenvalue weighted by atomic mass is 10.1. The molecule has 3 aromatic carbocycles. The van der Waals surface area contributed by atoms with Crippen LogP contribution in [-0.2, 0) is 11.2 Å². The monoisotopic (exact) mass is 345 g/mol. The molecule has 0 aromatic heterocycles. The number of anilines is 3. The molecule has 130 valence electrons. The van der Waals surface area contributed by atoms with Gasteiger partial charge >= 0.3 is 6.03 Å². The lowest BCUT2D eigenvalue weighted by Gasteiger charge is -2.15. The van der Waals surface area contributed by atoms with E-state index in [4.69, 9.17) is 0 Å². The van der Waals surface area contributed by atoms with Crippen LogP contribution in [-0.4, -0.2) is 18.5 Å². The first kappa shape index (κ1) is 16.1. The molecule has 1 aliphatic heterocycles. The summed E-state index contributed by atoms with van der Waals surface area (Å²) in [6.45, 7) is 2.26. The van der Waals surface area contributed by atoms with Crippen molar-refractivity contribution in [1.82, 2.24) is 0 Å². The van der Waals surface area contributed by atoms with E-state index < -0.39 is 0 Å². The average Bonchev–Trinajstić information content (AvgIpc) is 3.05. The molecule has 1 aliphatic rings. The highest BCUT2D eigenvalue weighted by Gasteiger charge is 2.22. The number of hydrogen-bond donors (Lipinski definition) is 2. The topological polar surface area (TPSA) is 61.4 Å². The second kappa shape index (κ2) is 6.52. The highest BCUT2D eigenvalue weighted by atomic mass is 16.2. The van der Waals surface area contributed by atoms with Crippen molar-refractivity contribution in [2.24, 2.45) is 0 Å². The van der Waals surface area contributed by atoms with Crippen LogP contribution in [0.2, 0.25) is 0 Å². The number of carbonyl (C=O) groups excluding carboxylic acids is 2. The third kappa shape index (κ3) is 2.99. The Bertz CT molecular complexity index is 1010. The first-order chi connectivity index (χ1) is 12.6. The number of nitrogens with zero attached hydrogens (tertiary/aromatic N) is 1. The van der Waals surface area contributed by atoms with Gasteiger partial charge in [-0.3, -0.25) is 4.79 Å². The van der Waals surface area contributed by atoms with E-state index in [1.54, 1.807) is 11.8 Å². The predicted octanol–water partition coefficient (Wildman–Crippen LogP) is 4.39. The van der Waals surface area contributed by atoms with Crippen LogP contribution in [0.15, 0.2) is 60.7 Å². The van der Waals surface area contributed by atoms with E-state index in [1.165, 1.54) is 0 Å². The molecule has 26 heavy (non-hydrogen) atoms. The van der Waals surface area contributed by atoms with Gasteiger partial charge < -0.3 is 15.5 Å². The molecule has 3 amide bonds. The summed E-state index contributed by atoms with van der Waals surface area (Å²) in [5.41, 5.74) is 3.48. The van der Waals surface area contributed by atoms with Crippen molar-refractivity contribution < 1.29 is 9.59 Å². The van der Waals surface area contributed by atoms with Crippen LogP contribution in [0.1, 0.15) is 12.5 Å². The van der Waals surface area contributed by atoms with Crippen LogP contribution in [0.25, 0.3) is 10.8 Å². The van der Waals surface area contributed by atoms with Crippen molar-refractivity contribution in [3.63, 3.8) is 0 Å². The average molecular weight is 345 g/mol. The number of hydrogen-bond acceptors (Lipinski definition) is 2. The molecule has 0 atom stereocenters. The third-order valence-electron chi connectivity index (χ3n) is 4.65. The van der Waals surface area contributed by atoms with Gasteiger partial charge in [0.05, 0.1) is 5.69 Å². The van der Waals surface area contributed by atoms with Gasteiger partial charge in [-0.1, -0.05) is 36.4 Å². The zero-order chi connectivity index (χ0) is 18.1. The number of urea groups is 1. The maximum absolute atomic E-state index is 12.4. The molecule has 1 heterocycles. The molecule has 0 spiro atoms. The number of amides is 3. The molecule has 2 N–H and O–H groups in total. The van der Waals surface area contributed by atoms with Gasteiger partial charge in [-0.15, -0.1) is 0 Å². The zero-order valence-corrected chi connectivity index (χ0v) is 14.5. The van der Waals surface area contributed by atoms with Gasteiger partial charge in [0.25, 0.3) is 0 Å². The Morgan fingerprint density at radius 1 is 0.962 bits per heavy atom. The van der Waals surface area contributed by atoms with Crippen molar-refractivity contribution in [3.05, 3.63) is 66.2 Å². The summed E-state index contributed by atoms with van der Waals surface area (Å²) in [7, 11) is 0. The molecule has 0 aliphatic carbocycles. The van der Waals surface area contributed by atoms with Crippen molar-refractivity contribution in [1.29, 1.82) is 0 Å². The Hall–Kier alpha value is -3.34. The van der Waals surface area contributed by atoms with Gasteiger partial charge in [-0.2, -0.15) is 0 Å². The van der Waals surface area contributed by atoms with Crippen molar-refractivity contribution in [3.8, 4) is 0 Å². The Balaban J connectivity index is 1.51. The highest BCUT2D eigenvalue weighted by molar-refractivity contribution is 6.06. The number of rotatable bonds is 2. The second-order valence-electron chi connectivity index (χ2n) is 6.37. The van der Waals surface area contributed by atoms with E-state index in [-0.39, 0.29) is 11.9 Å². The van der Waals surface area contributed by atoms with Crippen LogP contribution in [0.5, 0.6) is 0 Å². The summed E-state index contributed by atoms with van der Waals surface area (Å²) >= 11 is 0. The molecular weight excluding hydrogens is 326 g/mol. The van der Waals surface area contributed by atoms with Crippen LogP contribution in [0.3, 0.4) is 0 Å². The summed E-state index contributed by atoms with van der Waals surface area (Å²) in [5, 5.41) is 7.86. The van der Waals surface area contributed by atoms with Crippen molar-refractivity contribution >= 4 is 39.8 Å². The minimum absolute atomic E-state index is 0.0400. The quantitative estimate of drug-likeness (QED) is 0.723. The van der Waals surface area contributed by atoms with E-state index in [0.29, 0.717) is 12.2 Å². The zero-order valence-electron chi connectivity index (χ0n) is 14.5. The maximum Gasteiger partial charge on any atom is 0.323 e. The minimum atomic E-state index is -0.289. The fraction of sp³-hybridized carbons (Fsp3) is 0.143. The maximum atomic E-state index is 12.4. The first-order valence-electron chi connectivity index (χ1n) is 8.58. The summed E-state index contributed by atoms with van der Waals surface area (Å²) < 4.78 is 0. The Kier molecular flexibility index (Phi) is 4.05. The van der Waals surface area contributed by atoms with Gasteiger partial charge in [0.2, 0.25) is 5.91 Å². The van der Waals surface area contributed by atoms with E-state index in [1.807, 2.05) is 60.7 Å². The second-order valence-corrected chi connectivity index (χ2v) is 6.37. The molecule has 0 bridgehead atoms. The summed E-state index contributed by atoms with van der Waals surface area (Å²) in [5.74, 6) is 0.0400. The first-order valence-corrected chi connectivity index (χ1v) is 8.58. The normalized spacial score (nSPS) is 12.7. The largest absolute Gasteiger partial charge is 0.323 e. The van der Waals surface area contributed by atoms with Crippen LogP contribution in [0.4, 0.5) is 21.9 Å². The third-order valence-corrected chi connectivity index (χ3v) is 4.65. The standard InChI is InChI=1S/C21H19N3O2/c1-14(25)24-12-11-16-13-17(9-10-20(16)24)22-21(26)23-19-8-4-6-15-5-2-3-7-18(15)19/h2-10,13H,11-12H2,1H3,(H2,22,23,26). The molecular formula is C21H19N3O2. The molecule has 0 radical (unpaired) electrons. The predicted molar refractivity (Wildman–Crippen MR) is 105 cm³/mol. The fourth-order valence-electron chi connectivity index (χ4n) is 3.43. The highest BCUT2D eigenvalue weighted by Crippen LogP contribution is 2.30. The lowest BCUT2D eigenvalue weighted by molar-refractivity contribution is -0.116. The molecule has 0 saturated heterocycles. The summed E-state index contributed by atoms with van der Waals surface area (Å²) in [6, 6.07) is 19.1. The smallest absolute Gasteiger partial charge is 0.312 e. The molecule has 0 fully saturated rings. The summed E-state index contributed by atoms with van der Waals surface area (Å²) in [4.78, 5) is 25.8. The van der Waals surface area contributed by atoms with E-state index >= 15 is 0 Å². The van der Waals surface area contributed by atoms with E-state index in [2.05, 4.69) is 10.6 Å².